The van der Waals surface area contributed by atoms with Crippen LogP contribution in [-0.4, -0.2) is 133 Å². The van der Waals surface area contributed by atoms with Crippen LogP contribution in [0.5, 0.6) is 0 Å². The Morgan fingerprint density at radius 2 is 1.08 bits per heavy atom. The highest BCUT2D eigenvalue weighted by Crippen LogP contribution is 2.05. The van der Waals surface area contributed by atoms with Crippen LogP contribution in [0, 0.1) is 5.92 Å². The zero-order valence-electron chi connectivity index (χ0n) is 27.4. The van der Waals surface area contributed by atoms with Gasteiger partial charge in [-0.25, -0.2) is 0 Å². The maximum atomic E-state index is 12.8. The summed E-state index contributed by atoms with van der Waals surface area (Å²) in [6, 6.07) is -5.37. The number of carbonyl (C=O) groups excluding carboxylic acids is 9. The SMILES string of the molecule is CC(C)C[C@H](NC(=O)CNC(=O)CN)C(=O)NCC(=O)N[C@@H](CO)C(=O)N[C@@H](CCC(N)=O)C(=O)NCC(=O)N[C@@H](C)C(=O)NCC(=O)O. The molecule has 276 valence electrons. The maximum absolute atomic E-state index is 12.8. The van der Waals surface area contributed by atoms with Gasteiger partial charge in [0, 0.05) is 6.42 Å². The summed E-state index contributed by atoms with van der Waals surface area (Å²) in [6.45, 7) is 1.01. The predicted molar refractivity (Wildman–Crippen MR) is 167 cm³/mol. The summed E-state index contributed by atoms with van der Waals surface area (Å²) in [5.41, 5.74) is 10.3. The van der Waals surface area contributed by atoms with E-state index < -0.39 is 116 Å². The van der Waals surface area contributed by atoms with Gasteiger partial charge in [0.2, 0.25) is 53.2 Å². The average Bonchev–Trinajstić information content (AvgIpc) is 3.03. The first-order chi connectivity index (χ1) is 22.9. The molecule has 0 unspecified atom stereocenters. The summed E-state index contributed by atoms with van der Waals surface area (Å²) in [5.74, 6) is -8.89. The number of carbonyl (C=O) groups is 10. The van der Waals surface area contributed by atoms with Crippen molar-refractivity contribution in [3.8, 4) is 0 Å². The van der Waals surface area contributed by atoms with Crippen molar-refractivity contribution in [2.24, 2.45) is 17.4 Å². The van der Waals surface area contributed by atoms with E-state index in [1.54, 1.807) is 13.8 Å². The Morgan fingerprint density at radius 1 is 0.592 bits per heavy atom. The number of primary amides is 1. The first kappa shape index (κ1) is 43.6. The molecule has 9 amide bonds. The minimum atomic E-state index is -1.64. The molecule has 14 N–H and O–H groups in total. The third-order valence-corrected chi connectivity index (χ3v) is 6.17. The van der Waals surface area contributed by atoms with Crippen molar-refractivity contribution in [3.05, 3.63) is 0 Å². The highest BCUT2D eigenvalue weighted by Gasteiger charge is 2.28. The number of nitrogens with one attached hydrogen (secondary N) is 8. The second-order valence-electron chi connectivity index (χ2n) is 10.9. The lowest BCUT2D eigenvalue weighted by atomic mass is 10.0. The molecule has 4 atom stereocenters. The number of carboxylic acid groups (broad SMARTS) is 1. The van der Waals surface area contributed by atoms with E-state index >= 15 is 0 Å². The number of amides is 9. The minimum absolute atomic E-state index is 0.0689. The first-order valence-corrected chi connectivity index (χ1v) is 15.0. The largest absolute Gasteiger partial charge is 0.480 e. The van der Waals surface area contributed by atoms with Gasteiger partial charge in [-0.05, 0) is 25.7 Å². The number of nitrogens with two attached hydrogens (primary N) is 2. The van der Waals surface area contributed by atoms with Crippen LogP contribution < -0.4 is 54.0 Å². The summed E-state index contributed by atoms with van der Waals surface area (Å²) < 4.78 is 0. The quantitative estimate of drug-likeness (QED) is 0.0471. The smallest absolute Gasteiger partial charge is 0.322 e. The van der Waals surface area contributed by atoms with E-state index in [1.165, 1.54) is 6.92 Å². The zero-order chi connectivity index (χ0) is 37.7. The number of aliphatic hydroxyl groups excluding tert-OH is 1. The molecular formula is C27H46N10O12. The summed E-state index contributed by atoms with van der Waals surface area (Å²) in [5, 5.41) is 36.2. The molecule has 22 nitrogen and oxygen atoms in total. The van der Waals surface area contributed by atoms with Crippen molar-refractivity contribution in [3.63, 3.8) is 0 Å². The van der Waals surface area contributed by atoms with Crippen molar-refractivity contribution >= 4 is 59.1 Å². The fraction of sp³-hybridized carbons (Fsp3) is 0.630. The molecule has 0 aliphatic rings. The molecule has 49 heavy (non-hydrogen) atoms. The third-order valence-electron chi connectivity index (χ3n) is 6.17. The molecule has 22 heteroatoms. The number of hydrogen-bond acceptors (Lipinski definition) is 12. The topological polar surface area (TPSA) is 359 Å². The lowest BCUT2D eigenvalue weighted by Gasteiger charge is -2.23. The fourth-order valence-electron chi connectivity index (χ4n) is 3.72. The Morgan fingerprint density at radius 3 is 1.57 bits per heavy atom. The normalized spacial score (nSPS) is 12.9. The molecule has 0 aromatic heterocycles. The van der Waals surface area contributed by atoms with Crippen LogP contribution in [0.15, 0.2) is 0 Å². The summed E-state index contributed by atoms with van der Waals surface area (Å²) in [6.07, 6.45) is -0.562. The molecule has 0 aromatic rings. The van der Waals surface area contributed by atoms with E-state index in [4.69, 9.17) is 16.6 Å². The van der Waals surface area contributed by atoms with Gasteiger partial charge in [0.15, 0.2) is 0 Å². The Kier molecular flexibility index (Phi) is 20.5. The minimum Gasteiger partial charge on any atom is -0.480 e. The van der Waals surface area contributed by atoms with Crippen LogP contribution >= 0.6 is 0 Å². The van der Waals surface area contributed by atoms with Crippen LogP contribution in [0.3, 0.4) is 0 Å². The van der Waals surface area contributed by atoms with Crippen molar-refractivity contribution < 1.29 is 58.2 Å². The van der Waals surface area contributed by atoms with Crippen molar-refractivity contribution in [2.75, 3.05) is 39.3 Å². The van der Waals surface area contributed by atoms with Gasteiger partial charge in [0.25, 0.3) is 0 Å². The van der Waals surface area contributed by atoms with E-state index in [-0.39, 0.29) is 31.7 Å². The van der Waals surface area contributed by atoms with Crippen LogP contribution in [0.1, 0.15) is 40.0 Å². The Labute approximate surface area is 281 Å². The van der Waals surface area contributed by atoms with Gasteiger partial charge in [-0.1, -0.05) is 13.8 Å². The Hall–Kier alpha value is -5.38. The van der Waals surface area contributed by atoms with Crippen LogP contribution in [0.25, 0.3) is 0 Å². The molecule has 0 aliphatic heterocycles. The lowest BCUT2D eigenvalue weighted by Crippen LogP contribution is -2.57. The molecule has 0 saturated heterocycles. The second kappa shape index (κ2) is 23.0. The van der Waals surface area contributed by atoms with Gasteiger partial charge in [-0.3, -0.25) is 47.9 Å². The number of aliphatic hydroxyl groups is 1. The van der Waals surface area contributed by atoms with Gasteiger partial charge < -0.3 is 64.2 Å². The molecule has 0 rings (SSSR count). The van der Waals surface area contributed by atoms with Gasteiger partial charge in [-0.15, -0.1) is 0 Å². The van der Waals surface area contributed by atoms with E-state index in [2.05, 4.69) is 42.5 Å². The highest BCUT2D eigenvalue weighted by atomic mass is 16.4. The fourth-order valence-corrected chi connectivity index (χ4v) is 3.72. The molecule has 0 fully saturated rings. The summed E-state index contributed by atoms with van der Waals surface area (Å²) in [7, 11) is 0. The molecule has 0 bridgehead atoms. The Bertz CT molecular complexity index is 1230. The van der Waals surface area contributed by atoms with Gasteiger partial charge in [0.05, 0.1) is 32.8 Å². The van der Waals surface area contributed by atoms with Crippen molar-refractivity contribution in [1.29, 1.82) is 0 Å². The zero-order valence-corrected chi connectivity index (χ0v) is 27.4. The molecule has 0 heterocycles. The highest BCUT2D eigenvalue weighted by molar-refractivity contribution is 5.96. The number of hydrogen-bond donors (Lipinski definition) is 12. The van der Waals surface area contributed by atoms with E-state index in [1.807, 2.05) is 0 Å². The van der Waals surface area contributed by atoms with Crippen LogP contribution in [0.4, 0.5) is 0 Å². The van der Waals surface area contributed by atoms with Gasteiger partial charge in [0.1, 0.15) is 30.7 Å². The maximum Gasteiger partial charge on any atom is 0.322 e. The monoisotopic (exact) mass is 702 g/mol. The van der Waals surface area contributed by atoms with Crippen molar-refractivity contribution in [1.82, 2.24) is 42.5 Å². The number of aliphatic carboxylic acids is 1. The predicted octanol–water partition coefficient (Wildman–Crippen LogP) is -7.24. The third kappa shape index (κ3) is 19.8. The molecular weight excluding hydrogens is 656 g/mol. The second-order valence-corrected chi connectivity index (χ2v) is 10.9. The number of rotatable bonds is 23. The summed E-state index contributed by atoms with van der Waals surface area (Å²) in [4.78, 5) is 120. The standard InChI is InChI=1S/C27H46N10O12/c1-13(2)6-16(35-21(42)8-30-19(40)7-28)26(48)32-10-22(43)36-17(12-38)27(49)37-15(4-5-18(29)39)25(47)31-9-20(41)34-14(3)24(46)33-11-23(44)45/h13-17,38H,4-12,28H2,1-3H3,(H2,29,39)(H,30,40)(H,31,47)(H,32,48)(H,33,46)(H,34,41)(H,35,42)(H,36,43)(H,37,49)(H,44,45)/t14-,15-,16-,17-/m0/s1. The van der Waals surface area contributed by atoms with E-state index in [0.29, 0.717) is 0 Å². The first-order valence-electron chi connectivity index (χ1n) is 15.0. The van der Waals surface area contributed by atoms with Crippen molar-refractivity contribution in [2.45, 2.75) is 64.2 Å². The molecule has 0 saturated carbocycles. The van der Waals surface area contributed by atoms with Crippen LogP contribution in [0.2, 0.25) is 0 Å². The van der Waals surface area contributed by atoms with E-state index in [9.17, 15) is 53.1 Å². The molecule has 0 aliphatic carbocycles. The number of carboxylic acids is 1. The summed E-state index contributed by atoms with van der Waals surface area (Å²) >= 11 is 0. The van der Waals surface area contributed by atoms with Crippen LogP contribution in [-0.2, 0) is 47.9 Å². The lowest BCUT2D eigenvalue weighted by molar-refractivity contribution is -0.138. The van der Waals surface area contributed by atoms with Gasteiger partial charge >= 0.3 is 5.97 Å². The van der Waals surface area contributed by atoms with E-state index in [0.717, 1.165) is 0 Å². The average molecular weight is 703 g/mol. The molecule has 0 spiro atoms. The Balaban J connectivity index is 5.23. The molecule has 0 radical (unpaired) electrons. The van der Waals surface area contributed by atoms with Gasteiger partial charge in [-0.2, -0.15) is 0 Å². The molecule has 0 aromatic carbocycles.